The molecule has 3 aromatic carbocycles. The predicted octanol–water partition coefficient (Wildman–Crippen LogP) is 4.04. The second kappa shape index (κ2) is 8.74. The van der Waals surface area contributed by atoms with Crippen molar-refractivity contribution in [2.45, 2.75) is 24.4 Å². The molecule has 0 aliphatic heterocycles. The Balaban J connectivity index is 1.90. The van der Waals surface area contributed by atoms with Gasteiger partial charge in [0.15, 0.2) is 0 Å². The van der Waals surface area contributed by atoms with Crippen LogP contribution >= 0.6 is 0 Å². The molecular weight excluding hydrogens is 390 g/mol. The van der Waals surface area contributed by atoms with Crippen LogP contribution in [-0.4, -0.2) is 32.2 Å². The minimum Gasteiger partial charge on any atom is -0.469 e. The second-order valence-corrected chi connectivity index (χ2v) is 7.54. The van der Waals surface area contributed by atoms with Crippen molar-refractivity contribution in [1.29, 1.82) is 0 Å². The number of hydrogen-bond donors (Lipinski definition) is 1. The Morgan fingerprint density at radius 2 is 1.35 bits per heavy atom. The zero-order valence-corrected chi connectivity index (χ0v) is 17.6. The van der Waals surface area contributed by atoms with Crippen LogP contribution in [0.3, 0.4) is 0 Å². The molecule has 1 aliphatic rings. The molecule has 0 aromatic heterocycles. The van der Waals surface area contributed by atoms with E-state index >= 15 is 0 Å². The van der Waals surface area contributed by atoms with E-state index in [0.29, 0.717) is 0 Å². The van der Waals surface area contributed by atoms with Crippen molar-refractivity contribution < 1.29 is 19.1 Å². The van der Waals surface area contributed by atoms with Gasteiger partial charge in [-0.05, 0) is 34.2 Å². The Morgan fingerprint density at radius 3 is 1.90 bits per heavy atom. The summed E-state index contributed by atoms with van der Waals surface area (Å²) < 4.78 is 9.88. The number of rotatable bonds is 7. The largest absolute Gasteiger partial charge is 0.469 e. The minimum absolute atomic E-state index is 0.109. The molecule has 0 saturated carbocycles. The normalized spacial score (nSPS) is 14.3. The Kier molecular flexibility index (Phi) is 5.87. The third-order valence-electron chi connectivity index (χ3n) is 5.90. The second-order valence-electron chi connectivity index (χ2n) is 7.54. The van der Waals surface area contributed by atoms with Crippen LogP contribution in [-0.2, 0) is 24.6 Å². The number of ether oxygens (including phenoxy) is 2. The summed E-state index contributed by atoms with van der Waals surface area (Å²) in [6.45, 7) is 0. The molecule has 158 valence electrons. The molecule has 0 heterocycles. The van der Waals surface area contributed by atoms with Crippen LogP contribution < -0.4 is 5.32 Å². The zero-order chi connectivity index (χ0) is 21.8. The molecule has 4 rings (SSSR count). The van der Waals surface area contributed by atoms with E-state index in [1.165, 1.54) is 14.2 Å². The van der Waals surface area contributed by atoms with Crippen LogP contribution in [0.15, 0.2) is 78.9 Å². The van der Waals surface area contributed by atoms with Gasteiger partial charge in [-0.25, -0.2) is 0 Å². The molecule has 1 N–H and O–H groups in total. The van der Waals surface area contributed by atoms with Crippen molar-refractivity contribution in [3.05, 3.63) is 95.6 Å². The van der Waals surface area contributed by atoms with Gasteiger partial charge in [-0.2, -0.15) is 0 Å². The van der Waals surface area contributed by atoms with E-state index in [-0.39, 0.29) is 18.8 Å². The lowest BCUT2D eigenvalue weighted by atomic mass is 9.79. The van der Waals surface area contributed by atoms with E-state index in [9.17, 15) is 9.59 Å². The third-order valence-corrected chi connectivity index (χ3v) is 5.90. The SMILES string of the molecule is COC(=O)CCC(NC1(c2ccccc2)c2ccccc2-c2ccccc21)C(=O)OC. The maximum Gasteiger partial charge on any atom is 0.322 e. The number of carbonyl (C=O) groups is 2. The number of hydrogen-bond acceptors (Lipinski definition) is 5. The zero-order valence-electron chi connectivity index (χ0n) is 17.6. The molecule has 31 heavy (non-hydrogen) atoms. The predicted molar refractivity (Wildman–Crippen MR) is 118 cm³/mol. The molecule has 0 amide bonds. The van der Waals surface area contributed by atoms with Gasteiger partial charge < -0.3 is 9.47 Å². The molecule has 0 bridgehead atoms. The van der Waals surface area contributed by atoms with Crippen LogP contribution in [0.2, 0.25) is 0 Å². The number of methoxy groups -OCH3 is 2. The fourth-order valence-electron chi connectivity index (χ4n) is 4.49. The standard InChI is InChI=1S/C26H25NO4/c1-30-24(28)17-16-23(25(29)31-2)27-26(18-10-4-3-5-11-18)21-14-8-6-12-19(21)20-13-7-9-15-22(20)26/h3-15,23,27H,16-17H2,1-2H3. The lowest BCUT2D eigenvalue weighted by Gasteiger charge is -2.37. The molecule has 0 spiro atoms. The van der Waals surface area contributed by atoms with Gasteiger partial charge in [-0.15, -0.1) is 0 Å². The van der Waals surface area contributed by atoms with E-state index in [2.05, 4.69) is 41.7 Å². The van der Waals surface area contributed by atoms with Crippen molar-refractivity contribution in [2.75, 3.05) is 14.2 Å². The Bertz CT molecular complexity index is 1050. The lowest BCUT2D eigenvalue weighted by Crippen LogP contribution is -2.52. The number of esters is 2. The van der Waals surface area contributed by atoms with Gasteiger partial charge in [0.25, 0.3) is 0 Å². The van der Waals surface area contributed by atoms with Crippen molar-refractivity contribution in [1.82, 2.24) is 5.32 Å². The molecular formula is C26H25NO4. The summed E-state index contributed by atoms with van der Waals surface area (Å²) >= 11 is 0. The number of fused-ring (bicyclic) bond motifs is 3. The quantitative estimate of drug-likeness (QED) is 0.590. The average molecular weight is 415 g/mol. The van der Waals surface area contributed by atoms with E-state index in [4.69, 9.17) is 9.47 Å². The first-order valence-corrected chi connectivity index (χ1v) is 10.3. The maximum atomic E-state index is 12.8. The maximum absolute atomic E-state index is 12.8. The van der Waals surface area contributed by atoms with Crippen LogP contribution in [0.5, 0.6) is 0 Å². The summed E-state index contributed by atoms with van der Waals surface area (Å²) in [7, 11) is 2.71. The highest BCUT2D eigenvalue weighted by Gasteiger charge is 2.46. The molecule has 3 aromatic rings. The lowest BCUT2D eigenvalue weighted by molar-refractivity contribution is -0.145. The summed E-state index contributed by atoms with van der Waals surface area (Å²) in [5, 5.41) is 3.61. The summed E-state index contributed by atoms with van der Waals surface area (Å²) in [6.07, 6.45) is 0.371. The van der Waals surface area contributed by atoms with Gasteiger partial charge in [0, 0.05) is 6.42 Å². The summed E-state index contributed by atoms with van der Waals surface area (Å²) in [4.78, 5) is 24.6. The monoisotopic (exact) mass is 415 g/mol. The van der Waals surface area contributed by atoms with Crippen LogP contribution in [0.1, 0.15) is 29.5 Å². The first-order chi connectivity index (χ1) is 15.1. The summed E-state index contributed by atoms with van der Waals surface area (Å²) in [6, 6.07) is 25.8. The van der Waals surface area contributed by atoms with Gasteiger partial charge in [-0.1, -0.05) is 78.9 Å². The third kappa shape index (κ3) is 3.62. The molecule has 0 radical (unpaired) electrons. The fraction of sp³-hybridized carbons (Fsp3) is 0.231. The molecule has 0 saturated heterocycles. The Hall–Kier alpha value is -3.44. The fourth-order valence-corrected chi connectivity index (χ4v) is 4.49. The van der Waals surface area contributed by atoms with Gasteiger partial charge >= 0.3 is 11.9 Å². The topological polar surface area (TPSA) is 64.6 Å². The number of benzene rings is 3. The first kappa shape index (κ1) is 20.8. The van der Waals surface area contributed by atoms with Crippen LogP contribution in [0.4, 0.5) is 0 Å². The van der Waals surface area contributed by atoms with Crippen molar-refractivity contribution in [2.24, 2.45) is 0 Å². The van der Waals surface area contributed by atoms with Gasteiger partial charge in [0.2, 0.25) is 0 Å². The van der Waals surface area contributed by atoms with Gasteiger partial charge in [-0.3, -0.25) is 14.9 Å². The van der Waals surface area contributed by atoms with Gasteiger partial charge in [0.1, 0.15) is 6.04 Å². The van der Waals surface area contributed by atoms with E-state index < -0.39 is 17.6 Å². The molecule has 5 nitrogen and oxygen atoms in total. The highest BCUT2D eigenvalue weighted by atomic mass is 16.5. The van der Waals surface area contributed by atoms with Crippen molar-refractivity contribution in [3.8, 4) is 11.1 Å². The van der Waals surface area contributed by atoms with Crippen molar-refractivity contribution in [3.63, 3.8) is 0 Å². The van der Waals surface area contributed by atoms with Crippen LogP contribution in [0, 0.1) is 0 Å². The Morgan fingerprint density at radius 1 is 0.806 bits per heavy atom. The molecule has 0 fully saturated rings. The average Bonchev–Trinajstić information content (AvgIpc) is 3.12. The van der Waals surface area contributed by atoms with E-state index in [1.54, 1.807) is 0 Å². The highest BCUT2D eigenvalue weighted by Crippen LogP contribution is 2.51. The minimum atomic E-state index is -0.760. The molecule has 5 heteroatoms. The first-order valence-electron chi connectivity index (χ1n) is 10.3. The van der Waals surface area contributed by atoms with Crippen LogP contribution in [0.25, 0.3) is 11.1 Å². The smallest absolute Gasteiger partial charge is 0.322 e. The van der Waals surface area contributed by atoms with E-state index in [1.807, 2.05) is 42.5 Å². The number of carbonyl (C=O) groups excluding carboxylic acids is 2. The Labute approximate surface area is 182 Å². The van der Waals surface area contributed by atoms with Crippen molar-refractivity contribution >= 4 is 11.9 Å². The van der Waals surface area contributed by atoms with E-state index in [0.717, 1.165) is 27.8 Å². The van der Waals surface area contributed by atoms with Gasteiger partial charge in [0.05, 0.1) is 19.8 Å². The molecule has 1 aliphatic carbocycles. The molecule has 1 atom stereocenters. The molecule has 1 unspecified atom stereocenters. The summed E-state index contributed by atoms with van der Waals surface area (Å²) in [5.74, 6) is -0.780. The summed E-state index contributed by atoms with van der Waals surface area (Å²) in [5.41, 5.74) is 4.61. The number of nitrogens with one attached hydrogen (secondary N) is 1. The highest BCUT2D eigenvalue weighted by molar-refractivity contribution is 5.84.